The second-order valence-corrected chi connectivity index (χ2v) is 9.07. The number of halogens is 2. The van der Waals surface area contributed by atoms with E-state index in [2.05, 4.69) is 44.6 Å². The van der Waals surface area contributed by atoms with Gasteiger partial charge < -0.3 is 15.4 Å². The zero-order valence-corrected chi connectivity index (χ0v) is 20.0. The lowest BCUT2D eigenvalue weighted by molar-refractivity contribution is 0.0519. The number of esters is 1. The molecule has 1 saturated heterocycles. The Bertz CT molecular complexity index is 945. The van der Waals surface area contributed by atoms with Crippen molar-refractivity contribution in [1.82, 2.24) is 15.0 Å². The summed E-state index contributed by atoms with van der Waals surface area (Å²) < 4.78 is 5.79. The van der Waals surface area contributed by atoms with E-state index in [1.807, 2.05) is 6.92 Å². The van der Waals surface area contributed by atoms with Gasteiger partial charge in [0.2, 0.25) is 0 Å². The Morgan fingerprint density at radius 2 is 2.07 bits per heavy atom. The van der Waals surface area contributed by atoms with Crippen molar-refractivity contribution in [3.63, 3.8) is 0 Å². The van der Waals surface area contributed by atoms with Crippen LogP contribution in [0.4, 0.5) is 5.82 Å². The number of anilines is 1. The van der Waals surface area contributed by atoms with E-state index in [0.717, 1.165) is 25.9 Å². The molecule has 162 valence electrons. The Hall–Kier alpha value is -1.77. The van der Waals surface area contributed by atoms with Gasteiger partial charge in [0, 0.05) is 30.9 Å². The van der Waals surface area contributed by atoms with Gasteiger partial charge in [-0.1, -0.05) is 18.5 Å². The summed E-state index contributed by atoms with van der Waals surface area (Å²) in [5.74, 6) is 0.0525. The molecule has 2 N–H and O–H groups in total. The van der Waals surface area contributed by atoms with Crippen molar-refractivity contribution in [1.29, 1.82) is 0 Å². The highest BCUT2D eigenvalue weighted by molar-refractivity contribution is 9.10. The maximum atomic E-state index is 12.8. The first-order valence-corrected chi connectivity index (χ1v) is 11.2. The molecule has 0 radical (unpaired) electrons. The highest BCUT2D eigenvalue weighted by Gasteiger charge is 2.35. The number of hydrogen-bond acceptors (Lipinski definition) is 7. The first-order valence-electron chi connectivity index (χ1n) is 10.0. The van der Waals surface area contributed by atoms with Crippen LogP contribution in [-0.4, -0.2) is 46.7 Å². The number of hydrogen-bond donors (Lipinski definition) is 1. The molecule has 1 unspecified atom stereocenters. The van der Waals surface area contributed by atoms with Crippen LogP contribution in [0.5, 0.6) is 0 Å². The number of ether oxygens (including phenoxy) is 1. The number of carbonyl (C=O) groups excluding carboxylic acids is 1. The van der Waals surface area contributed by atoms with E-state index in [0.29, 0.717) is 32.4 Å². The Balaban J connectivity index is 2.05. The summed E-state index contributed by atoms with van der Waals surface area (Å²) >= 11 is 9.76. The molecule has 0 bridgehead atoms. The van der Waals surface area contributed by atoms with Crippen LogP contribution in [0.15, 0.2) is 16.9 Å². The number of pyridine rings is 1. The van der Waals surface area contributed by atoms with Crippen LogP contribution < -0.4 is 10.6 Å². The van der Waals surface area contributed by atoms with Crippen molar-refractivity contribution in [3.8, 4) is 11.3 Å². The zero-order chi connectivity index (χ0) is 22.1. The molecule has 1 fully saturated rings. The van der Waals surface area contributed by atoms with Crippen molar-refractivity contribution in [3.05, 3.63) is 33.3 Å². The van der Waals surface area contributed by atoms with Gasteiger partial charge in [0.25, 0.3) is 0 Å². The summed E-state index contributed by atoms with van der Waals surface area (Å²) in [4.78, 5) is 28.4. The van der Waals surface area contributed by atoms with Gasteiger partial charge >= 0.3 is 5.97 Å². The van der Waals surface area contributed by atoms with Crippen LogP contribution in [0, 0.1) is 12.3 Å². The molecule has 1 aliphatic rings. The van der Waals surface area contributed by atoms with Gasteiger partial charge in [-0.25, -0.2) is 19.7 Å². The molecule has 0 aliphatic carbocycles. The molecule has 0 amide bonds. The van der Waals surface area contributed by atoms with E-state index in [4.69, 9.17) is 27.1 Å². The molecular weight excluding hydrogens is 470 g/mol. The first-order chi connectivity index (χ1) is 14.2. The standard InChI is InChI=1S/C21H27BrClN5O2/c1-5-30-20(29)17-19(28-10-7-21(4,8-11-28)13(3)24)26-12(2)16(27-17)14-6-9-25-18(22)15(14)23/h6,9,13H,5,7-8,10-11,24H2,1-4H3. The Kier molecular flexibility index (Phi) is 6.99. The van der Waals surface area contributed by atoms with Crippen LogP contribution in [0.3, 0.4) is 0 Å². The van der Waals surface area contributed by atoms with Gasteiger partial charge in [-0.05, 0) is 61.0 Å². The third kappa shape index (κ3) is 4.45. The number of nitrogens with zero attached hydrogens (tertiary/aromatic N) is 4. The monoisotopic (exact) mass is 495 g/mol. The van der Waals surface area contributed by atoms with Crippen LogP contribution in [0.1, 0.15) is 49.8 Å². The summed E-state index contributed by atoms with van der Waals surface area (Å²) in [6, 6.07) is 1.86. The molecule has 0 spiro atoms. The minimum Gasteiger partial charge on any atom is -0.461 e. The smallest absolute Gasteiger partial charge is 0.360 e. The van der Waals surface area contributed by atoms with E-state index in [9.17, 15) is 4.79 Å². The van der Waals surface area contributed by atoms with Gasteiger partial charge in [-0.2, -0.15) is 0 Å². The molecule has 9 heteroatoms. The fraction of sp³-hybridized carbons (Fsp3) is 0.524. The Morgan fingerprint density at radius 3 is 2.67 bits per heavy atom. The number of carbonyl (C=O) groups is 1. The van der Waals surface area contributed by atoms with Gasteiger partial charge in [0.1, 0.15) is 4.60 Å². The third-order valence-corrected chi connectivity index (χ3v) is 7.14. The van der Waals surface area contributed by atoms with Crippen LogP contribution in [-0.2, 0) is 4.74 Å². The molecule has 7 nitrogen and oxygen atoms in total. The second kappa shape index (κ2) is 9.16. The summed E-state index contributed by atoms with van der Waals surface area (Å²) in [6.07, 6.45) is 3.46. The summed E-state index contributed by atoms with van der Waals surface area (Å²) in [5.41, 5.74) is 8.34. The van der Waals surface area contributed by atoms with E-state index in [1.54, 1.807) is 19.2 Å². The lowest BCUT2D eigenvalue weighted by Gasteiger charge is -2.42. The fourth-order valence-corrected chi connectivity index (χ4v) is 4.14. The second-order valence-electron chi connectivity index (χ2n) is 7.94. The van der Waals surface area contributed by atoms with Crippen molar-refractivity contribution < 1.29 is 9.53 Å². The van der Waals surface area contributed by atoms with E-state index < -0.39 is 5.97 Å². The largest absolute Gasteiger partial charge is 0.461 e. The van der Waals surface area contributed by atoms with Gasteiger partial charge in [-0.15, -0.1) is 0 Å². The van der Waals surface area contributed by atoms with Crippen molar-refractivity contribution in [2.75, 3.05) is 24.6 Å². The Labute approximate surface area is 190 Å². The predicted octanol–water partition coefficient (Wildman–Crippen LogP) is 4.39. The van der Waals surface area contributed by atoms with E-state index in [1.165, 1.54) is 0 Å². The molecule has 2 aromatic rings. The number of piperidine rings is 1. The third-order valence-electron chi connectivity index (χ3n) is 5.93. The number of aryl methyl sites for hydroxylation is 1. The quantitative estimate of drug-likeness (QED) is 0.484. The molecular formula is C21H27BrClN5O2. The number of nitrogens with two attached hydrogens (primary N) is 1. The van der Waals surface area contributed by atoms with Crippen molar-refractivity contribution >= 4 is 39.3 Å². The lowest BCUT2D eigenvalue weighted by atomic mass is 9.75. The lowest BCUT2D eigenvalue weighted by Crippen LogP contribution is -2.47. The molecule has 30 heavy (non-hydrogen) atoms. The van der Waals surface area contributed by atoms with E-state index in [-0.39, 0.29) is 23.8 Å². The fourth-order valence-electron chi connectivity index (χ4n) is 3.61. The predicted molar refractivity (Wildman–Crippen MR) is 122 cm³/mol. The normalized spacial score (nSPS) is 17.0. The van der Waals surface area contributed by atoms with Crippen LogP contribution in [0.2, 0.25) is 5.02 Å². The van der Waals surface area contributed by atoms with Gasteiger partial charge in [-0.3, -0.25) is 0 Å². The SMILES string of the molecule is CCOC(=O)c1nc(-c2ccnc(Br)c2Cl)c(C)nc1N1CCC(C)(C(C)N)CC1. The minimum atomic E-state index is -0.494. The van der Waals surface area contributed by atoms with Gasteiger partial charge in [0.05, 0.1) is 23.0 Å². The molecule has 3 heterocycles. The summed E-state index contributed by atoms with van der Waals surface area (Å²) in [7, 11) is 0. The van der Waals surface area contributed by atoms with E-state index >= 15 is 0 Å². The average molecular weight is 497 g/mol. The van der Waals surface area contributed by atoms with Gasteiger partial charge in [0.15, 0.2) is 11.5 Å². The van der Waals surface area contributed by atoms with Crippen molar-refractivity contribution in [2.24, 2.45) is 11.1 Å². The highest BCUT2D eigenvalue weighted by Crippen LogP contribution is 2.37. The number of rotatable bonds is 5. The molecule has 0 aromatic carbocycles. The molecule has 1 atom stereocenters. The highest BCUT2D eigenvalue weighted by atomic mass is 79.9. The first kappa shape index (κ1) is 22.9. The Morgan fingerprint density at radius 1 is 1.40 bits per heavy atom. The average Bonchev–Trinajstić information content (AvgIpc) is 2.71. The van der Waals surface area contributed by atoms with Crippen molar-refractivity contribution in [2.45, 2.75) is 46.6 Å². The van der Waals surface area contributed by atoms with Crippen LogP contribution >= 0.6 is 27.5 Å². The zero-order valence-electron chi connectivity index (χ0n) is 17.7. The molecule has 1 aliphatic heterocycles. The minimum absolute atomic E-state index is 0.0693. The maximum absolute atomic E-state index is 12.8. The number of aromatic nitrogens is 3. The summed E-state index contributed by atoms with van der Waals surface area (Å²) in [6.45, 7) is 9.65. The summed E-state index contributed by atoms with van der Waals surface area (Å²) in [5, 5.41) is 0.420. The molecule has 0 saturated carbocycles. The molecule has 2 aromatic heterocycles. The molecule has 3 rings (SSSR count). The topological polar surface area (TPSA) is 94.2 Å². The van der Waals surface area contributed by atoms with Crippen LogP contribution in [0.25, 0.3) is 11.3 Å². The maximum Gasteiger partial charge on any atom is 0.360 e.